The molecular weight excluding hydrogens is 380 g/mol. The van der Waals surface area contributed by atoms with E-state index >= 15 is 0 Å². The topological polar surface area (TPSA) is 79.7 Å². The van der Waals surface area contributed by atoms with E-state index in [1.165, 1.54) is 0 Å². The fourth-order valence-corrected chi connectivity index (χ4v) is 4.52. The van der Waals surface area contributed by atoms with Crippen molar-refractivity contribution >= 4 is 17.4 Å². The quantitative estimate of drug-likeness (QED) is 0.457. The lowest BCUT2D eigenvalue weighted by atomic mass is 9.91. The first-order chi connectivity index (χ1) is 14.6. The van der Waals surface area contributed by atoms with Crippen LogP contribution in [-0.4, -0.2) is 39.3 Å². The molecule has 1 aromatic carbocycles. The molecule has 2 aliphatic rings. The Hall–Kier alpha value is -3.15. The molecule has 0 spiro atoms. The molecule has 1 atom stereocenters. The Morgan fingerprint density at radius 1 is 1.13 bits per heavy atom. The average Bonchev–Trinajstić information content (AvgIpc) is 3.05. The zero-order valence-electron chi connectivity index (χ0n) is 17.1. The third kappa shape index (κ3) is 3.70. The minimum atomic E-state index is -0.637. The van der Waals surface area contributed by atoms with Crippen LogP contribution < -0.4 is 4.74 Å². The molecule has 4 rings (SSSR count). The van der Waals surface area contributed by atoms with Crippen LogP contribution in [0.4, 0.5) is 0 Å². The van der Waals surface area contributed by atoms with Crippen LogP contribution in [0.2, 0.25) is 0 Å². The van der Waals surface area contributed by atoms with E-state index in [4.69, 9.17) is 4.74 Å². The number of aliphatic hydroxyl groups is 1. The molecule has 1 N–H and O–H groups in total. The maximum atomic E-state index is 13.1. The number of ketones is 1. The predicted octanol–water partition coefficient (Wildman–Crippen LogP) is 4.23. The minimum absolute atomic E-state index is 0.0151. The van der Waals surface area contributed by atoms with E-state index in [2.05, 4.69) is 4.98 Å². The van der Waals surface area contributed by atoms with Crippen LogP contribution in [0.3, 0.4) is 0 Å². The lowest BCUT2D eigenvalue weighted by Gasteiger charge is -2.35. The molecule has 2 fully saturated rings. The number of ether oxygens (including phenoxy) is 1. The fraction of sp³-hybridized carbons (Fsp3) is 0.375. The number of benzene rings is 1. The number of carbonyl (C=O) groups excluding carboxylic acids is 2. The van der Waals surface area contributed by atoms with Crippen molar-refractivity contribution in [3.8, 4) is 5.75 Å². The summed E-state index contributed by atoms with van der Waals surface area (Å²) in [5.74, 6) is -0.667. The molecule has 1 amide bonds. The van der Waals surface area contributed by atoms with Gasteiger partial charge < -0.3 is 14.7 Å². The maximum absolute atomic E-state index is 13.1. The fourth-order valence-electron chi connectivity index (χ4n) is 4.52. The molecular formula is C24H26N2O4. The minimum Gasteiger partial charge on any atom is -0.507 e. The molecule has 1 aromatic heterocycles. The number of pyridine rings is 1. The van der Waals surface area contributed by atoms with Crippen LogP contribution in [0.1, 0.15) is 56.2 Å². The largest absolute Gasteiger partial charge is 0.507 e. The smallest absolute Gasteiger partial charge is 0.295 e. The van der Waals surface area contributed by atoms with Crippen molar-refractivity contribution in [2.75, 3.05) is 6.61 Å². The van der Waals surface area contributed by atoms with Gasteiger partial charge in [0.15, 0.2) is 0 Å². The second-order valence-electron chi connectivity index (χ2n) is 7.74. The number of Topliss-reactive ketones (excluding diaryl/α,β-unsaturated/α-hetero) is 1. The van der Waals surface area contributed by atoms with Gasteiger partial charge in [0.1, 0.15) is 11.5 Å². The summed E-state index contributed by atoms with van der Waals surface area (Å²) < 4.78 is 5.65. The highest BCUT2D eigenvalue weighted by atomic mass is 16.5. The van der Waals surface area contributed by atoms with Gasteiger partial charge in [0.05, 0.1) is 18.2 Å². The van der Waals surface area contributed by atoms with E-state index < -0.39 is 17.7 Å². The van der Waals surface area contributed by atoms with Crippen LogP contribution >= 0.6 is 0 Å². The molecule has 1 unspecified atom stereocenters. The van der Waals surface area contributed by atoms with Crippen molar-refractivity contribution < 1.29 is 19.4 Å². The molecule has 1 saturated heterocycles. The van der Waals surface area contributed by atoms with E-state index in [0.29, 0.717) is 17.9 Å². The van der Waals surface area contributed by atoms with Crippen molar-refractivity contribution in [1.29, 1.82) is 0 Å². The Bertz CT molecular complexity index is 964. The van der Waals surface area contributed by atoms with Gasteiger partial charge in [0, 0.05) is 24.0 Å². The van der Waals surface area contributed by atoms with Crippen molar-refractivity contribution in [1.82, 2.24) is 9.88 Å². The summed E-state index contributed by atoms with van der Waals surface area (Å²) in [6.07, 6.45) is 8.04. The van der Waals surface area contributed by atoms with Gasteiger partial charge in [-0.3, -0.25) is 14.6 Å². The first-order valence-electron chi connectivity index (χ1n) is 10.5. The van der Waals surface area contributed by atoms with Gasteiger partial charge in [-0.25, -0.2) is 0 Å². The molecule has 6 heteroatoms. The van der Waals surface area contributed by atoms with Gasteiger partial charge in [-0.2, -0.15) is 0 Å². The number of aliphatic hydroxyl groups excluding tert-OH is 1. The standard InChI is InChI=1S/C24H26N2O4/c1-2-30-19-10-6-7-17(15-19)21-20(22(27)16-11-13-25-14-12-16)23(28)24(29)26(21)18-8-4-3-5-9-18/h6-7,10-15,18,21,27H,2-5,8-9H2,1H3/b22-20-. The van der Waals surface area contributed by atoms with Crippen LogP contribution in [-0.2, 0) is 9.59 Å². The third-order valence-corrected chi connectivity index (χ3v) is 5.89. The number of aromatic nitrogens is 1. The Morgan fingerprint density at radius 2 is 1.87 bits per heavy atom. The number of rotatable bonds is 5. The van der Waals surface area contributed by atoms with Crippen molar-refractivity contribution in [2.24, 2.45) is 0 Å². The van der Waals surface area contributed by atoms with E-state index in [9.17, 15) is 14.7 Å². The SMILES string of the molecule is CCOc1cccc(C2/C(=C(/O)c3ccncc3)C(=O)C(=O)N2C2CCCCC2)c1. The summed E-state index contributed by atoms with van der Waals surface area (Å²) in [6, 6.07) is 10.1. The highest BCUT2D eigenvalue weighted by molar-refractivity contribution is 6.46. The number of nitrogens with zero attached hydrogens (tertiary/aromatic N) is 2. The Kier molecular flexibility index (Phi) is 5.84. The summed E-state index contributed by atoms with van der Waals surface area (Å²) in [5.41, 5.74) is 1.37. The number of hydrogen-bond donors (Lipinski definition) is 1. The van der Waals surface area contributed by atoms with Gasteiger partial charge in [-0.15, -0.1) is 0 Å². The van der Waals surface area contributed by atoms with Crippen molar-refractivity contribution in [3.05, 3.63) is 65.5 Å². The zero-order chi connectivity index (χ0) is 21.1. The second-order valence-corrected chi connectivity index (χ2v) is 7.74. The first kappa shape index (κ1) is 20.1. The molecule has 30 heavy (non-hydrogen) atoms. The van der Waals surface area contributed by atoms with Gasteiger partial charge in [0.2, 0.25) is 0 Å². The van der Waals surface area contributed by atoms with E-state index in [-0.39, 0.29) is 17.4 Å². The van der Waals surface area contributed by atoms with Gasteiger partial charge in [-0.1, -0.05) is 31.4 Å². The first-order valence-corrected chi connectivity index (χ1v) is 10.5. The van der Waals surface area contributed by atoms with E-state index in [0.717, 1.165) is 37.7 Å². The van der Waals surface area contributed by atoms with Crippen molar-refractivity contribution in [3.63, 3.8) is 0 Å². The lowest BCUT2D eigenvalue weighted by Crippen LogP contribution is -2.40. The summed E-state index contributed by atoms with van der Waals surface area (Å²) >= 11 is 0. The molecule has 1 aliphatic carbocycles. The number of carbonyl (C=O) groups is 2. The highest BCUT2D eigenvalue weighted by Gasteiger charge is 2.48. The Labute approximate surface area is 176 Å². The molecule has 2 heterocycles. The number of hydrogen-bond acceptors (Lipinski definition) is 5. The Morgan fingerprint density at radius 3 is 2.57 bits per heavy atom. The summed E-state index contributed by atoms with van der Waals surface area (Å²) in [4.78, 5) is 31.9. The van der Waals surface area contributed by atoms with Crippen molar-refractivity contribution in [2.45, 2.75) is 51.1 Å². The third-order valence-electron chi connectivity index (χ3n) is 5.89. The van der Waals surface area contributed by atoms with Crippen LogP contribution in [0, 0.1) is 0 Å². The van der Waals surface area contributed by atoms with Crippen LogP contribution in [0.5, 0.6) is 5.75 Å². The van der Waals surface area contributed by atoms with Gasteiger partial charge in [0.25, 0.3) is 11.7 Å². The zero-order valence-corrected chi connectivity index (χ0v) is 17.1. The summed E-state index contributed by atoms with van der Waals surface area (Å²) in [7, 11) is 0. The average molecular weight is 406 g/mol. The molecule has 6 nitrogen and oxygen atoms in total. The van der Waals surface area contributed by atoms with Gasteiger partial charge in [-0.05, 0) is 49.6 Å². The van der Waals surface area contributed by atoms with E-state index in [1.54, 1.807) is 29.4 Å². The van der Waals surface area contributed by atoms with Gasteiger partial charge >= 0.3 is 0 Å². The molecule has 0 bridgehead atoms. The van der Waals surface area contributed by atoms with Crippen LogP contribution in [0.15, 0.2) is 54.4 Å². The maximum Gasteiger partial charge on any atom is 0.295 e. The second kappa shape index (κ2) is 8.69. The Balaban J connectivity index is 1.86. The number of likely N-dealkylation sites (tertiary alicyclic amines) is 1. The molecule has 0 radical (unpaired) electrons. The predicted molar refractivity (Wildman–Crippen MR) is 113 cm³/mol. The molecule has 2 aromatic rings. The summed E-state index contributed by atoms with van der Waals surface area (Å²) in [6.45, 7) is 2.42. The highest BCUT2D eigenvalue weighted by Crippen LogP contribution is 2.43. The lowest BCUT2D eigenvalue weighted by molar-refractivity contribution is -0.141. The van der Waals surface area contributed by atoms with Crippen LogP contribution in [0.25, 0.3) is 5.76 Å². The van der Waals surface area contributed by atoms with E-state index in [1.807, 2.05) is 31.2 Å². The monoisotopic (exact) mass is 406 g/mol. The number of amides is 1. The summed E-state index contributed by atoms with van der Waals surface area (Å²) in [5, 5.41) is 11.0. The molecule has 1 aliphatic heterocycles. The molecule has 156 valence electrons. The molecule has 1 saturated carbocycles. The normalized spacial score (nSPS) is 21.8.